The molecule has 0 aromatic carbocycles. The van der Waals surface area contributed by atoms with Gasteiger partial charge in [0, 0.05) is 0 Å². The van der Waals surface area contributed by atoms with Gasteiger partial charge in [-0.1, -0.05) is 0 Å². The molecular weight excluding hydrogens is 265 g/mol. The van der Waals surface area contributed by atoms with Crippen molar-refractivity contribution in [2.45, 2.75) is 0 Å². The van der Waals surface area contributed by atoms with Gasteiger partial charge in [-0.2, -0.15) is 0 Å². The Hall–Kier alpha value is 1.38. The first-order valence-corrected chi connectivity index (χ1v) is 3.05. The summed E-state index contributed by atoms with van der Waals surface area (Å²) < 4.78 is 0. The number of hydrogen-bond donors (Lipinski definition) is 10. The van der Waals surface area contributed by atoms with Crippen LogP contribution in [0.5, 0.6) is 0 Å². The van der Waals surface area contributed by atoms with Gasteiger partial charge < -0.3 is 60.3 Å². The molecule has 0 aromatic heterocycles. The Morgan fingerprint density at radius 3 is 0.500 bits per heavy atom. The molecule has 0 aliphatic rings. The minimum atomic E-state index is -2.67. The molecule has 0 saturated heterocycles. The molecule has 0 rings (SSSR count). The van der Waals surface area contributed by atoms with Gasteiger partial charge in [0.05, 0.1) is 7.32 Å². The maximum absolute atomic E-state index is 8.53. The predicted molar refractivity (Wildman–Crippen MR) is 45.2 cm³/mol. The molecule has 0 aromatic rings. The number of hydrogen-bond acceptors (Lipinski definition) is 12. The van der Waals surface area contributed by atoms with Crippen LogP contribution in [-0.2, 0) is 0 Å². The SMILES string of the molecule is OB(O)O.OB(O)O.OB(O)O.[Li+].[Na+].[O-]B([O-])O. The van der Waals surface area contributed by atoms with Crippen molar-refractivity contribution >= 4 is 29.3 Å². The summed E-state index contributed by atoms with van der Waals surface area (Å²) in [6.07, 6.45) is 0. The van der Waals surface area contributed by atoms with Gasteiger partial charge in [-0.3, -0.25) is 0 Å². The van der Waals surface area contributed by atoms with Crippen molar-refractivity contribution in [3.63, 3.8) is 0 Å². The summed E-state index contributed by atoms with van der Waals surface area (Å²) in [4.78, 5) is 0. The van der Waals surface area contributed by atoms with E-state index in [1.165, 1.54) is 0 Å². The van der Waals surface area contributed by atoms with E-state index in [2.05, 4.69) is 0 Å². The van der Waals surface area contributed by atoms with Crippen molar-refractivity contribution in [2.75, 3.05) is 0 Å². The Labute approximate surface area is 137 Å². The molecular formula is H10B4LiNaO12. The molecule has 0 atom stereocenters. The molecule has 18 heteroatoms. The van der Waals surface area contributed by atoms with Gasteiger partial charge in [0.2, 0.25) is 0 Å². The van der Waals surface area contributed by atoms with Gasteiger partial charge >= 0.3 is 70.4 Å². The molecule has 0 radical (unpaired) electrons. The van der Waals surface area contributed by atoms with E-state index in [9.17, 15) is 0 Å². The van der Waals surface area contributed by atoms with Gasteiger partial charge in [0.1, 0.15) is 0 Å². The molecule has 0 unspecified atom stereocenters. The summed E-state index contributed by atoms with van der Waals surface area (Å²) in [6.45, 7) is 0. The molecule has 0 spiro atoms. The molecule has 0 heterocycles. The Kier molecular flexibility index (Phi) is 63.0. The molecule has 0 saturated carbocycles. The summed E-state index contributed by atoms with van der Waals surface area (Å²) in [5.41, 5.74) is 0. The zero-order valence-electron chi connectivity index (χ0n) is 9.60. The van der Waals surface area contributed by atoms with Crippen LogP contribution in [0.1, 0.15) is 0 Å². The molecule has 10 N–H and O–H groups in total. The molecule has 0 aliphatic carbocycles. The standard InChI is InChI=1S/3BH3O3.BHO3.Li.Na/c4*2-1(3)4;;/h3*2-4H;2H;;/q;;;-2;2*+1. The topological polar surface area (TPSA) is 248 Å². The Bertz CT molecular complexity index is 67.1. The smallest absolute Gasteiger partial charge is 0.871 e. The third kappa shape index (κ3) is 2460. The van der Waals surface area contributed by atoms with Gasteiger partial charge in [-0.05, 0) is 0 Å². The zero-order valence-corrected chi connectivity index (χ0v) is 11.6. The van der Waals surface area contributed by atoms with Crippen LogP contribution in [0.15, 0.2) is 0 Å². The fraction of sp³-hybridized carbons (Fsp3) is 0. The average Bonchev–Trinajstić information content (AvgIpc) is 1.76. The summed E-state index contributed by atoms with van der Waals surface area (Å²) in [7, 11) is -9.17. The first-order chi connectivity index (χ1) is 6.93. The second-order valence-electron chi connectivity index (χ2n) is 1.35. The maximum Gasteiger partial charge on any atom is 1.00 e. The minimum absolute atomic E-state index is 0. The summed E-state index contributed by atoms with van der Waals surface area (Å²) >= 11 is 0. The van der Waals surface area contributed by atoms with Gasteiger partial charge in [0.15, 0.2) is 0 Å². The van der Waals surface area contributed by atoms with Crippen molar-refractivity contribution in [1.29, 1.82) is 0 Å². The van der Waals surface area contributed by atoms with Crippen LogP contribution in [0.2, 0.25) is 0 Å². The van der Waals surface area contributed by atoms with Crippen LogP contribution in [0.3, 0.4) is 0 Å². The monoisotopic (exact) mass is 276 g/mol. The first kappa shape index (κ1) is 36.6. The van der Waals surface area contributed by atoms with Crippen molar-refractivity contribution in [3.8, 4) is 0 Å². The minimum Gasteiger partial charge on any atom is -0.871 e. The van der Waals surface area contributed by atoms with E-state index in [1.807, 2.05) is 0 Å². The largest absolute Gasteiger partial charge is 1.00 e. The van der Waals surface area contributed by atoms with Crippen molar-refractivity contribution < 1.29 is 109 Å². The van der Waals surface area contributed by atoms with E-state index in [0.29, 0.717) is 0 Å². The summed E-state index contributed by atoms with van der Waals surface area (Å²) in [5.74, 6) is 0. The van der Waals surface area contributed by atoms with Crippen LogP contribution >= 0.6 is 0 Å². The first-order valence-electron chi connectivity index (χ1n) is 3.05. The van der Waals surface area contributed by atoms with Crippen molar-refractivity contribution in [2.24, 2.45) is 0 Å². The van der Waals surface area contributed by atoms with Crippen LogP contribution in [0, 0.1) is 0 Å². The van der Waals surface area contributed by atoms with E-state index in [4.69, 9.17) is 60.3 Å². The molecule has 18 heavy (non-hydrogen) atoms. The Morgan fingerprint density at radius 2 is 0.500 bits per heavy atom. The van der Waals surface area contributed by atoms with E-state index < -0.39 is 29.3 Å². The van der Waals surface area contributed by atoms with Gasteiger partial charge in [-0.15, -0.1) is 0 Å². The average molecular weight is 275 g/mol. The Balaban J connectivity index is -0.0000000257. The van der Waals surface area contributed by atoms with E-state index in [0.717, 1.165) is 0 Å². The van der Waals surface area contributed by atoms with Gasteiger partial charge in [-0.25, -0.2) is 0 Å². The second kappa shape index (κ2) is 31.0. The number of rotatable bonds is 0. The normalized spacial score (nSPS) is 6.00. The van der Waals surface area contributed by atoms with Crippen LogP contribution in [0.4, 0.5) is 0 Å². The van der Waals surface area contributed by atoms with E-state index >= 15 is 0 Å². The molecule has 0 fully saturated rings. The van der Waals surface area contributed by atoms with E-state index in [1.54, 1.807) is 0 Å². The van der Waals surface area contributed by atoms with Gasteiger partial charge in [0.25, 0.3) is 0 Å². The third-order valence-corrected chi connectivity index (χ3v) is 0. The summed E-state index contributed by atoms with van der Waals surface area (Å²) in [5, 5.41) is 88.5. The fourth-order valence-electron chi connectivity index (χ4n) is 0. The quantitative estimate of drug-likeness (QED) is 0.185. The summed E-state index contributed by atoms with van der Waals surface area (Å²) in [6, 6.07) is 0. The molecule has 0 amide bonds. The molecule has 96 valence electrons. The Morgan fingerprint density at radius 1 is 0.500 bits per heavy atom. The molecule has 0 bridgehead atoms. The van der Waals surface area contributed by atoms with Crippen molar-refractivity contribution in [3.05, 3.63) is 0 Å². The second-order valence-corrected chi connectivity index (χ2v) is 1.35. The van der Waals surface area contributed by atoms with Crippen LogP contribution in [-0.4, -0.2) is 79.5 Å². The zero-order chi connectivity index (χ0) is 14.3. The predicted octanol–water partition coefficient (Wildman–Crippen LogP) is -15.5. The third-order valence-electron chi connectivity index (χ3n) is 0. The molecule has 0 aliphatic heterocycles. The maximum atomic E-state index is 8.53. The fourth-order valence-corrected chi connectivity index (χ4v) is 0. The van der Waals surface area contributed by atoms with Crippen LogP contribution in [0.25, 0.3) is 0 Å². The van der Waals surface area contributed by atoms with Crippen LogP contribution < -0.4 is 58.5 Å². The molecule has 12 nitrogen and oxygen atoms in total. The van der Waals surface area contributed by atoms with E-state index in [-0.39, 0.29) is 48.4 Å². The van der Waals surface area contributed by atoms with Crippen molar-refractivity contribution in [1.82, 2.24) is 0 Å².